The number of carbonyl (C=O) groups is 3. The number of aliphatic carboxylic acids is 1. The lowest BCUT2D eigenvalue weighted by Gasteiger charge is -2.42. The molecule has 0 saturated carbocycles. The number of hydrazine groups is 1. The molecule has 4 rings (SSSR count). The van der Waals surface area contributed by atoms with Crippen molar-refractivity contribution in [3.8, 4) is 11.8 Å². The molecule has 1 aliphatic heterocycles. The van der Waals surface area contributed by atoms with Gasteiger partial charge in [0.1, 0.15) is 12.6 Å². The molecule has 2 amide bonds. The van der Waals surface area contributed by atoms with Crippen LogP contribution in [0.2, 0.25) is 5.02 Å². The van der Waals surface area contributed by atoms with Gasteiger partial charge in [-0.05, 0) is 41.0 Å². The van der Waals surface area contributed by atoms with E-state index in [-0.39, 0.29) is 24.9 Å². The summed E-state index contributed by atoms with van der Waals surface area (Å²) < 4.78 is 0. The van der Waals surface area contributed by atoms with E-state index in [1.165, 1.54) is 0 Å². The Morgan fingerprint density at radius 3 is 2.05 bits per heavy atom. The number of piperazine rings is 1. The van der Waals surface area contributed by atoms with Crippen LogP contribution in [0, 0.1) is 11.8 Å². The number of hydrogen-bond donors (Lipinski definition) is 4. The average Bonchev–Trinajstić information content (AvgIpc) is 3.01. The number of halogens is 1. The minimum absolute atomic E-state index is 0.0135. The van der Waals surface area contributed by atoms with E-state index in [9.17, 15) is 14.4 Å². The highest BCUT2D eigenvalue weighted by Crippen LogP contribution is 2.32. The summed E-state index contributed by atoms with van der Waals surface area (Å²) >= 11 is 6.17. The minimum Gasteiger partial charge on any atom is -0.480 e. The smallest absolute Gasteiger partial charge is 0.421 e. The molecule has 224 valence electrons. The summed E-state index contributed by atoms with van der Waals surface area (Å²) in [7, 11) is 0. The number of nitrogens with one attached hydrogen (secondary N) is 1. The van der Waals surface area contributed by atoms with Gasteiger partial charge in [0.15, 0.2) is 0 Å². The molecule has 0 radical (unpaired) electrons. The van der Waals surface area contributed by atoms with Gasteiger partial charge in [-0.1, -0.05) is 78.0 Å². The van der Waals surface area contributed by atoms with E-state index in [1.807, 2.05) is 54.6 Å². The Morgan fingerprint density at radius 1 is 0.860 bits per heavy atom. The molecule has 10 nitrogen and oxygen atoms in total. The van der Waals surface area contributed by atoms with E-state index in [4.69, 9.17) is 27.7 Å². The first-order valence-electron chi connectivity index (χ1n) is 13.8. The van der Waals surface area contributed by atoms with Crippen LogP contribution in [0.3, 0.4) is 0 Å². The monoisotopic (exact) mass is 603 g/mol. The number of rotatable bonds is 10. The van der Waals surface area contributed by atoms with Gasteiger partial charge in [-0.3, -0.25) is 19.4 Å². The molecule has 43 heavy (non-hydrogen) atoms. The van der Waals surface area contributed by atoms with Crippen LogP contribution in [0.15, 0.2) is 78.9 Å². The van der Waals surface area contributed by atoms with Crippen LogP contribution in [0.4, 0.5) is 4.79 Å². The molecule has 0 aliphatic carbocycles. The molecule has 0 aromatic heterocycles. The molecule has 3 aromatic rings. The third-order valence-electron chi connectivity index (χ3n) is 7.22. The van der Waals surface area contributed by atoms with Crippen LogP contribution >= 0.6 is 11.6 Å². The van der Waals surface area contributed by atoms with Gasteiger partial charge in [0.05, 0.1) is 12.6 Å². The third-order valence-corrected chi connectivity index (χ3v) is 7.48. The quantitative estimate of drug-likeness (QED) is 0.119. The lowest BCUT2D eigenvalue weighted by atomic mass is 9.96. The maximum Gasteiger partial charge on any atom is 0.421 e. The number of nitrogens with zero attached hydrogens (tertiary/aromatic N) is 3. The van der Waals surface area contributed by atoms with Gasteiger partial charge in [-0.25, -0.2) is 15.6 Å². The second-order valence-corrected chi connectivity index (χ2v) is 10.5. The number of carbonyl (C=O) groups excluding carboxylic acids is 1. The maximum absolute atomic E-state index is 13.3. The maximum atomic E-state index is 13.3. The molecule has 1 saturated heterocycles. The Labute approximate surface area is 255 Å². The highest BCUT2D eigenvalue weighted by Gasteiger charge is 2.33. The number of hydrogen-bond acceptors (Lipinski definition) is 6. The summed E-state index contributed by atoms with van der Waals surface area (Å²) in [5.74, 6) is 9.73. The van der Waals surface area contributed by atoms with Crippen LogP contribution in [-0.2, 0) is 9.59 Å². The second kappa shape index (κ2) is 15.2. The van der Waals surface area contributed by atoms with Gasteiger partial charge in [-0.15, -0.1) is 0 Å². The molecular formula is C32H34ClN5O5. The molecule has 2 atom stereocenters. The van der Waals surface area contributed by atoms with Crippen LogP contribution in [0.25, 0.3) is 0 Å². The fourth-order valence-corrected chi connectivity index (χ4v) is 5.25. The standard InChI is InChI=1S/C32H34ClN5O5/c33-27-15-13-25(14-16-27)29(24-7-2-1-3-8-24)36-18-20-37(21-19-36)30(31(41)35-22-28(39)40)26-11-9-23(10-12-26)6-4-5-17-38(34)32(42)43/h1-3,7-16,29-30H,5,17-22,34H2,(H,35,41)(H,39,40)(H,42,43)/t29-,30?/m1/s1. The van der Waals surface area contributed by atoms with Crippen molar-refractivity contribution < 1.29 is 24.6 Å². The van der Waals surface area contributed by atoms with E-state index in [0.29, 0.717) is 41.8 Å². The summed E-state index contributed by atoms with van der Waals surface area (Å²) in [5.41, 5.74) is 3.70. The van der Waals surface area contributed by atoms with Gasteiger partial charge in [0, 0.05) is 43.2 Å². The molecule has 5 N–H and O–H groups in total. The van der Waals surface area contributed by atoms with E-state index in [2.05, 4.69) is 39.1 Å². The summed E-state index contributed by atoms with van der Waals surface area (Å²) in [4.78, 5) is 39.8. The van der Waals surface area contributed by atoms with E-state index < -0.39 is 24.6 Å². The van der Waals surface area contributed by atoms with Gasteiger partial charge < -0.3 is 15.5 Å². The minimum atomic E-state index is -1.22. The highest BCUT2D eigenvalue weighted by atomic mass is 35.5. The van der Waals surface area contributed by atoms with Gasteiger partial charge >= 0.3 is 12.1 Å². The zero-order chi connectivity index (χ0) is 30.8. The van der Waals surface area contributed by atoms with Crippen molar-refractivity contribution in [3.63, 3.8) is 0 Å². The van der Waals surface area contributed by atoms with Gasteiger partial charge in [0.25, 0.3) is 0 Å². The van der Waals surface area contributed by atoms with Crippen LogP contribution in [0.1, 0.15) is 40.8 Å². The summed E-state index contributed by atoms with van der Waals surface area (Å²) in [6.07, 6.45) is -0.950. The van der Waals surface area contributed by atoms with E-state index in [0.717, 1.165) is 16.7 Å². The first kappa shape index (κ1) is 31.5. The first-order valence-corrected chi connectivity index (χ1v) is 14.2. The largest absolute Gasteiger partial charge is 0.480 e. The molecule has 1 unspecified atom stereocenters. The van der Waals surface area contributed by atoms with Gasteiger partial charge in [-0.2, -0.15) is 0 Å². The van der Waals surface area contributed by atoms with Crippen molar-refractivity contribution >= 4 is 29.6 Å². The molecule has 1 fully saturated rings. The number of carboxylic acids is 1. The topological polar surface area (TPSA) is 139 Å². The summed E-state index contributed by atoms with van der Waals surface area (Å²) in [6, 6.07) is 24.7. The average molecular weight is 604 g/mol. The fraction of sp³-hybridized carbons (Fsp3) is 0.281. The van der Waals surface area contributed by atoms with Crippen LogP contribution in [-0.4, -0.2) is 82.3 Å². The molecule has 0 spiro atoms. The van der Waals surface area contributed by atoms with Crippen molar-refractivity contribution in [1.29, 1.82) is 0 Å². The lowest BCUT2D eigenvalue weighted by molar-refractivity contribution is -0.139. The molecular weight excluding hydrogens is 570 g/mol. The van der Waals surface area contributed by atoms with Crippen molar-refractivity contribution in [2.45, 2.75) is 18.5 Å². The molecule has 0 bridgehead atoms. The van der Waals surface area contributed by atoms with Crippen molar-refractivity contribution in [2.24, 2.45) is 5.84 Å². The number of amides is 2. The van der Waals surface area contributed by atoms with Crippen molar-refractivity contribution in [3.05, 3.63) is 106 Å². The van der Waals surface area contributed by atoms with Crippen molar-refractivity contribution in [2.75, 3.05) is 39.3 Å². The predicted molar refractivity (Wildman–Crippen MR) is 163 cm³/mol. The Hall–Kier alpha value is -4.40. The Kier molecular flexibility index (Phi) is 11.1. The van der Waals surface area contributed by atoms with Crippen molar-refractivity contribution in [1.82, 2.24) is 20.1 Å². The third kappa shape index (κ3) is 8.80. The van der Waals surface area contributed by atoms with Gasteiger partial charge in [0.2, 0.25) is 5.91 Å². The summed E-state index contributed by atoms with van der Waals surface area (Å²) in [5, 5.41) is 21.9. The predicted octanol–water partition coefficient (Wildman–Crippen LogP) is 3.58. The second-order valence-electron chi connectivity index (χ2n) is 10.1. The molecule has 3 aromatic carbocycles. The lowest BCUT2D eigenvalue weighted by Crippen LogP contribution is -2.52. The van der Waals surface area contributed by atoms with Crippen LogP contribution in [0.5, 0.6) is 0 Å². The SMILES string of the molecule is NN(CCC#Cc1ccc(C(C(=O)NCC(=O)O)N2CCN([C@H](c3ccccc3)c3ccc(Cl)cc3)CC2)cc1)C(=O)O. The van der Waals surface area contributed by atoms with E-state index >= 15 is 0 Å². The van der Waals surface area contributed by atoms with E-state index in [1.54, 1.807) is 12.1 Å². The first-order chi connectivity index (χ1) is 20.7. The summed E-state index contributed by atoms with van der Waals surface area (Å²) in [6.45, 7) is 2.15. The Balaban J connectivity index is 1.50. The molecule has 1 aliphatic rings. The zero-order valence-electron chi connectivity index (χ0n) is 23.5. The number of nitrogens with two attached hydrogens (primary N) is 1. The Morgan fingerprint density at radius 2 is 1.44 bits per heavy atom. The fourth-order valence-electron chi connectivity index (χ4n) is 5.12. The zero-order valence-corrected chi connectivity index (χ0v) is 24.3. The Bertz CT molecular complexity index is 1450. The molecule has 1 heterocycles. The number of carboxylic acid groups (broad SMARTS) is 2. The normalized spacial score (nSPS) is 15.0. The van der Waals surface area contributed by atoms with Crippen LogP contribution < -0.4 is 11.2 Å². The number of benzene rings is 3. The molecule has 11 heteroatoms. The highest BCUT2D eigenvalue weighted by molar-refractivity contribution is 6.30.